The van der Waals surface area contributed by atoms with Gasteiger partial charge >= 0.3 is 0 Å². The lowest BCUT2D eigenvalue weighted by molar-refractivity contribution is -0.107. The molecule has 1 aromatic rings. The molecule has 0 N–H and O–H groups in total. The lowest BCUT2D eigenvalue weighted by Crippen LogP contribution is -1.89. The van der Waals surface area contributed by atoms with Gasteiger partial charge in [0, 0.05) is 15.4 Å². The third-order valence-corrected chi connectivity index (χ3v) is 3.06. The first-order valence-electron chi connectivity index (χ1n) is 3.62. The molecule has 1 rings (SSSR count). The first kappa shape index (κ1) is 9.93. The molecule has 0 heterocycles. The topological polar surface area (TPSA) is 17.1 Å². The molecule has 0 amide bonds. The number of benzene rings is 1. The fourth-order valence-corrected chi connectivity index (χ4v) is 2.37. The van der Waals surface area contributed by atoms with Crippen LogP contribution in [0.1, 0.15) is 12.0 Å². The average molecular weight is 292 g/mol. The maximum Gasteiger partial charge on any atom is 0.120 e. The molecule has 0 unspecified atom stereocenters. The Balaban J connectivity index is 2.88. The highest BCUT2D eigenvalue weighted by Crippen LogP contribution is 2.25. The van der Waals surface area contributed by atoms with Gasteiger partial charge in [-0.2, -0.15) is 0 Å². The van der Waals surface area contributed by atoms with E-state index in [1.165, 1.54) is 0 Å². The van der Waals surface area contributed by atoms with Gasteiger partial charge in [-0.15, -0.1) is 0 Å². The predicted octanol–water partition coefficient (Wildman–Crippen LogP) is 3.34. The Morgan fingerprint density at radius 1 is 1.25 bits per heavy atom. The van der Waals surface area contributed by atoms with Crippen molar-refractivity contribution in [3.8, 4) is 0 Å². The number of hydrogen-bond donors (Lipinski definition) is 0. The smallest absolute Gasteiger partial charge is 0.120 e. The van der Waals surface area contributed by atoms with Crippen LogP contribution in [0.3, 0.4) is 0 Å². The second-order valence-electron chi connectivity index (χ2n) is 2.41. The van der Waals surface area contributed by atoms with E-state index in [4.69, 9.17) is 0 Å². The van der Waals surface area contributed by atoms with Gasteiger partial charge in [0.2, 0.25) is 0 Å². The first-order valence-corrected chi connectivity index (χ1v) is 5.21. The van der Waals surface area contributed by atoms with Gasteiger partial charge < -0.3 is 4.79 Å². The Kier molecular flexibility index (Phi) is 3.95. The number of rotatable bonds is 3. The summed E-state index contributed by atoms with van der Waals surface area (Å²) in [6.45, 7) is 0. The lowest BCUT2D eigenvalue weighted by atomic mass is 10.1. The van der Waals surface area contributed by atoms with Gasteiger partial charge in [-0.3, -0.25) is 0 Å². The van der Waals surface area contributed by atoms with E-state index in [0.717, 1.165) is 27.2 Å². The molecule has 0 atom stereocenters. The zero-order valence-corrected chi connectivity index (χ0v) is 9.56. The van der Waals surface area contributed by atoms with Crippen LogP contribution in [0.2, 0.25) is 0 Å². The maximum atomic E-state index is 10.2. The molecule has 0 aromatic heterocycles. The van der Waals surface area contributed by atoms with Crippen molar-refractivity contribution in [2.75, 3.05) is 0 Å². The van der Waals surface area contributed by atoms with E-state index < -0.39 is 0 Å². The van der Waals surface area contributed by atoms with Crippen molar-refractivity contribution in [3.63, 3.8) is 0 Å². The molecule has 0 fully saturated rings. The summed E-state index contributed by atoms with van der Waals surface area (Å²) in [4.78, 5) is 10.2. The van der Waals surface area contributed by atoms with Gasteiger partial charge in [0.15, 0.2) is 0 Å². The minimum atomic E-state index is 0.571. The minimum Gasteiger partial charge on any atom is -0.303 e. The summed E-state index contributed by atoms with van der Waals surface area (Å²) >= 11 is 6.86. The van der Waals surface area contributed by atoms with E-state index in [1.54, 1.807) is 0 Å². The highest BCUT2D eigenvalue weighted by Gasteiger charge is 2.02. The number of carbonyl (C=O) groups excluding carboxylic acids is 1. The van der Waals surface area contributed by atoms with Crippen molar-refractivity contribution in [1.29, 1.82) is 0 Å². The van der Waals surface area contributed by atoms with Gasteiger partial charge in [0.1, 0.15) is 6.29 Å². The largest absolute Gasteiger partial charge is 0.303 e. The van der Waals surface area contributed by atoms with Crippen LogP contribution in [0.4, 0.5) is 0 Å². The van der Waals surface area contributed by atoms with E-state index in [1.807, 2.05) is 18.2 Å². The quantitative estimate of drug-likeness (QED) is 0.781. The van der Waals surface area contributed by atoms with Crippen LogP contribution < -0.4 is 0 Å². The first-order chi connectivity index (χ1) is 5.75. The molecule has 0 aliphatic heterocycles. The molecular weight excluding hydrogens is 284 g/mol. The molecule has 3 heteroatoms. The summed E-state index contributed by atoms with van der Waals surface area (Å²) in [5.41, 5.74) is 1.16. The predicted molar refractivity (Wildman–Crippen MR) is 56.2 cm³/mol. The van der Waals surface area contributed by atoms with Gasteiger partial charge in [-0.05, 0) is 24.1 Å². The normalized spacial score (nSPS) is 9.83. The zero-order valence-electron chi connectivity index (χ0n) is 6.39. The summed E-state index contributed by atoms with van der Waals surface area (Å²) in [5.74, 6) is 0. The molecule has 0 radical (unpaired) electrons. The fraction of sp³-hybridized carbons (Fsp3) is 0.222. The Morgan fingerprint density at radius 2 is 1.83 bits per heavy atom. The molecule has 12 heavy (non-hydrogen) atoms. The van der Waals surface area contributed by atoms with Crippen molar-refractivity contribution in [2.45, 2.75) is 12.8 Å². The highest BCUT2D eigenvalue weighted by molar-refractivity contribution is 9.11. The van der Waals surface area contributed by atoms with Crippen molar-refractivity contribution in [1.82, 2.24) is 0 Å². The molecule has 0 aliphatic carbocycles. The zero-order chi connectivity index (χ0) is 8.97. The van der Waals surface area contributed by atoms with Crippen molar-refractivity contribution in [3.05, 3.63) is 32.7 Å². The second-order valence-corrected chi connectivity index (χ2v) is 4.11. The van der Waals surface area contributed by atoms with Crippen LogP contribution in [0.25, 0.3) is 0 Å². The number of halogens is 2. The standard InChI is InChI=1S/C9H8Br2O/c10-8-4-1-5-9(11)7(8)3-2-6-12/h1,4-6H,2-3H2. The molecular formula is C9H8Br2O. The summed E-state index contributed by atoms with van der Waals surface area (Å²) in [6, 6.07) is 5.91. The Labute approximate surface area is 88.4 Å². The summed E-state index contributed by atoms with van der Waals surface area (Å²) < 4.78 is 2.11. The van der Waals surface area contributed by atoms with Crippen LogP contribution in [0, 0.1) is 0 Å². The molecule has 0 spiro atoms. The minimum absolute atomic E-state index is 0.571. The number of carbonyl (C=O) groups is 1. The third-order valence-electron chi connectivity index (χ3n) is 1.57. The summed E-state index contributed by atoms with van der Waals surface area (Å²) in [5, 5.41) is 0. The van der Waals surface area contributed by atoms with Crippen LogP contribution in [-0.2, 0) is 11.2 Å². The van der Waals surface area contributed by atoms with Gasteiger partial charge in [-0.1, -0.05) is 37.9 Å². The van der Waals surface area contributed by atoms with Gasteiger partial charge in [0.25, 0.3) is 0 Å². The van der Waals surface area contributed by atoms with E-state index >= 15 is 0 Å². The van der Waals surface area contributed by atoms with Gasteiger partial charge in [0.05, 0.1) is 0 Å². The van der Waals surface area contributed by atoms with Crippen LogP contribution in [-0.4, -0.2) is 6.29 Å². The van der Waals surface area contributed by atoms with Crippen molar-refractivity contribution >= 4 is 38.1 Å². The maximum absolute atomic E-state index is 10.2. The van der Waals surface area contributed by atoms with E-state index in [9.17, 15) is 4.79 Å². The highest BCUT2D eigenvalue weighted by atomic mass is 79.9. The Morgan fingerprint density at radius 3 is 2.33 bits per heavy atom. The van der Waals surface area contributed by atoms with Crippen molar-refractivity contribution in [2.24, 2.45) is 0 Å². The molecule has 0 saturated heterocycles. The molecule has 64 valence electrons. The van der Waals surface area contributed by atoms with E-state index in [2.05, 4.69) is 31.9 Å². The van der Waals surface area contributed by atoms with Crippen LogP contribution in [0.15, 0.2) is 27.1 Å². The Bertz CT molecular complexity index is 264. The Hall–Kier alpha value is -0.150. The fourth-order valence-electron chi connectivity index (χ4n) is 0.974. The van der Waals surface area contributed by atoms with Crippen LogP contribution >= 0.6 is 31.9 Å². The molecule has 0 aliphatic rings. The lowest BCUT2D eigenvalue weighted by Gasteiger charge is -2.03. The molecule has 1 aromatic carbocycles. The number of aldehydes is 1. The molecule has 1 nitrogen and oxygen atoms in total. The molecule has 0 saturated carbocycles. The monoisotopic (exact) mass is 290 g/mol. The summed E-state index contributed by atoms with van der Waals surface area (Å²) in [7, 11) is 0. The third kappa shape index (κ3) is 2.42. The van der Waals surface area contributed by atoms with E-state index in [0.29, 0.717) is 6.42 Å². The van der Waals surface area contributed by atoms with Crippen LogP contribution in [0.5, 0.6) is 0 Å². The number of hydrogen-bond acceptors (Lipinski definition) is 1. The SMILES string of the molecule is O=CCCc1c(Br)cccc1Br. The second kappa shape index (κ2) is 4.77. The van der Waals surface area contributed by atoms with Crippen molar-refractivity contribution < 1.29 is 4.79 Å². The average Bonchev–Trinajstić information content (AvgIpc) is 2.04. The van der Waals surface area contributed by atoms with E-state index in [-0.39, 0.29) is 0 Å². The van der Waals surface area contributed by atoms with Gasteiger partial charge in [-0.25, -0.2) is 0 Å². The summed E-state index contributed by atoms with van der Waals surface area (Å²) in [6.07, 6.45) is 2.29. The molecule has 0 bridgehead atoms.